The summed E-state index contributed by atoms with van der Waals surface area (Å²) in [5, 5.41) is 3.80. The van der Waals surface area contributed by atoms with E-state index < -0.39 is 0 Å². The number of aromatic nitrogens is 1. The van der Waals surface area contributed by atoms with Crippen LogP contribution in [0.25, 0.3) is 0 Å². The van der Waals surface area contributed by atoms with Gasteiger partial charge in [0.1, 0.15) is 6.61 Å². The lowest BCUT2D eigenvalue weighted by atomic mass is 10.0. The highest BCUT2D eigenvalue weighted by atomic mass is 16.5. The Morgan fingerprint density at radius 2 is 2.27 bits per heavy atom. The Balaban J connectivity index is 1.75. The van der Waals surface area contributed by atoms with Crippen LogP contribution in [0.5, 0.6) is 0 Å². The molecule has 1 aliphatic rings. The zero-order valence-corrected chi connectivity index (χ0v) is 9.16. The lowest BCUT2D eigenvalue weighted by Crippen LogP contribution is -2.41. The Morgan fingerprint density at radius 1 is 1.53 bits per heavy atom. The summed E-state index contributed by atoms with van der Waals surface area (Å²) in [5.74, 6) is 0.772. The Kier molecular flexibility index (Phi) is 3.07. The fourth-order valence-electron chi connectivity index (χ4n) is 2.06. The second kappa shape index (κ2) is 4.33. The minimum Gasteiger partial charge on any atom is -0.371 e. The summed E-state index contributed by atoms with van der Waals surface area (Å²) in [6.07, 6.45) is 4.59. The van der Waals surface area contributed by atoms with Crippen molar-refractivity contribution in [1.82, 2.24) is 5.16 Å². The van der Waals surface area contributed by atoms with Gasteiger partial charge in [-0.05, 0) is 19.8 Å². The van der Waals surface area contributed by atoms with Crippen molar-refractivity contribution in [1.29, 1.82) is 0 Å². The predicted octanol–water partition coefficient (Wildman–Crippen LogP) is 1.77. The molecule has 1 aromatic heterocycles. The molecule has 1 fully saturated rings. The third-order valence-electron chi connectivity index (χ3n) is 2.91. The molecule has 4 heteroatoms. The Morgan fingerprint density at radius 3 is 2.87 bits per heavy atom. The Hall–Kier alpha value is -0.870. The van der Waals surface area contributed by atoms with Gasteiger partial charge in [-0.2, -0.15) is 0 Å². The minimum absolute atomic E-state index is 0.102. The minimum atomic E-state index is -0.102. The Labute approximate surface area is 89.8 Å². The molecule has 1 aliphatic carbocycles. The smallest absolute Gasteiger partial charge is 0.162 e. The average molecular weight is 210 g/mol. The van der Waals surface area contributed by atoms with Crippen LogP contribution < -0.4 is 5.73 Å². The highest BCUT2D eigenvalue weighted by Gasteiger charge is 2.29. The zero-order valence-electron chi connectivity index (χ0n) is 9.16. The molecule has 0 saturated heterocycles. The summed E-state index contributed by atoms with van der Waals surface area (Å²) in [7, 11) is 0. The Bertz CT molecular complexity index is 316. The molecule has 1 heterocycles. The zero-order chi connectivity index (χ0) is 10.7. The van der Waals surface area contributed by atoms with E-state index in [1.807, 2.05) is 13.0 Å². The molecule has 0 radical (unpaired) electrons. The van der Waals surface area contributed by atoms with Crippen LogP contribution in [0, 0.1) is 6.92 Å². The molecule has 1 saturated carbocycles. The van der Waals surface area contributed by atoms with Gasteiger partial charge in [-0.15, -0.1) is 0 Å². The van der Waals surface area contributed by atoms with Gasteiger partial charge in [-0.3, -0.25) is 0 Å². The van der Waals surface area contributed by atoms with Gasteiger partial charge in [0.05, 0.1) is 12.3 Å². The van der Waals surface area contributed by atoms with E-state index in [2.05, 4.69) is 5.16 Å². The summed E-state index contributed by atoms with van der Waals surface area (Å²) in [4.78, 5) is 0. The third-order valence-corrected chi connectivity index (χ3v) is 2.91. The SMILES string of the molecule is Cc1cc(COCC2(N)CCCC2)on1. The normalized spacial score (nSPS) is 19.6. The number of nitrogens with zero attached hydrogens (tertiary/aromatic N) is 1. The summed E-state index contributed by atoms with van der Waals surface area (Å²) < 4.78 is 10.6. The highest BCUT2D eigenvalue weighted by Crippen LogP contribution is 2.27. The molecule has 0 aromatic carbocycles. The number of nitrogens with two attached hydrogens (primary N) is 1. The molecule has 0 aliphatic heterocycles. The van der Waals surface area contributed by atoms with E-state index in [9.17, 15) is 0 Å². The molecule has 0 amide bonds. The summed E-state index contributed by atoms with van der Waals surface area (Å²) in [5.41, 5.74) is 6.94. The first kappa shape index (κ1) is 10.6. The first-order chi connectivity index (χ1) is 7.18. The lowest BCUT2D eigenvalue weighted by Gasteiger charge is -2.22. The van der Waals surface area contributed by atoms with Crippen molar-refractivity contribution in [2.24, 2.45) is 5.73 Å². The second-order valence-corrected chi connectivity index (χ2v) is 4.50. The van der Waals surface area contributed by atoms with Crippen LogP contribution in [0.15, 0.2) is 10.6 Å². The summed E-state index contributed by atoms with van der Waals surface area (Å²) in [6, 6.07) is 1.89. The summed E-state index contributed by atoms with van der Waals surface area (Å²) >= 11 is 0. The van der Waals surface area contributed by atoms with E-state index >= 15 is 0 Å². The van der Waals surface area contributed by atoms with Crippen LogP contribution in [-0.4, -0.2) is 17.3 Å². The van der Waals surface area contributed by atoms with Gasteiger partial charge >= 0.3 is 0 Å². The average Bonchev–Trinajstić information content (AvgIpc) is 2.76. The van der Waals surface area contributed by atoms with Crippen LogP contribution in [-0.2, 0) is 11.3 Å². The van der Waals surface area contributed by atoms with Gasteiger partial charge in [-0.25, -0.2) is 0 Å². The van der Waals surface area contributed by atoms with Crippen molar-refractivity contribution in [2.45, 2.75) is 44.8 Å². The number of rotatable bonds is 4. The van der Waals surface area contributed by atoms with Crippen LogP contribution in [0.2, 0.25) is 0 Å². The van der Waals surface area contributed by atoms with Gasteiger partial charge in [0.2, 0.25) is 0 Å². The van der Waals surface area contributed by atoms with E-state index in [-0.39, 0.29) is 5.54 Å². The van der Waals surface area contributed by atoms with Crippen LogP contribution in [0.3, 0.4) is 0 Å². The molecule has 0 spiro atoms. The van der Waals surface area contributed by atoms with Crippen molar-refractivity contribution >= 4 is 0 Å². The highest BCUT2D eigenvalue weighted by molar-refractivity contribution is 5.01. The van der Waals surface area contributed by atoms with Gasteiger partial charge in [0.15, 0.2) is 5.76 Å². The molecule has 15 heavy (non-hydrogen) atoms. The number of hydrogen-bond acceptors (Lipinski definition) is 4. The quantitative estimate of drug-likeness (QED) is 0.822. The molecular formula is C11H18N2O2. The lowest BCUT2D eigenvalue weighted by molar-refractivity contribution is 0.0614. The van der Waals surface area contributed by atoms with Crippen molar-refractivity contribution in [2.75, 3.05) is 6.61 Å². The first-order valence-electron chi connectivity index (χ1n) is 5.47. The molecule has 0 unspecified atom stereocenters. The summed E-state index contributed by atoms with van der Waals surface area (Å²) in [6.45, 7) is 2.99. The van der Waals surface area contributed by atoms with Crippen molar-refractivity contribution in [3.8, 4) is 0 Å². The molecule has 1 aromatic rings. The monoisotopic (exact) mass is 210 g/mol. The second-order valence-electron chi connectivity index (χ2n) is 4.50. The number of ether oxygens (including phenoxy) is 1. The maximum atomic E-state index is 6.16. The van der Waals surface area contributed by atoms with Gasteiger partial charge in [0, 0.05) is 11.6 Å². The number of hydrogen-bond donors (Lipinski definition) is 1. The molecule has 2 rings (SSSR count). The van der Waals surface area contributed by atoms with Gasteiger partial charge < -0.3 is 15.0 Å². The first-order valence-corrected chi connectivity index (χ1v) is 5.47. The topological polar surface area (TPSA) is 61.3 Å². The standard InChI is InChI=1S/C11H18N2O2/c1-9-6-10(15-13-9)7-14-8-11(12)4-2-3-5-11/h6H,2-5,7-8,12H2,1H3. The van der Waals surface area contributed by atoms with E-state index in [4.69, 9.17) is 15.0 Å². The molecule has 0 atom stereocenters. The maximum absolute atomic E-state index is 6.16. The predicted molar refractivity (Wildman–Crippen MR) is 56.3 cm³/mol. The van der Waals surface area contributed by atoms with Crippen molar-refractivity contribution in [3.05, 3.63) is 17.5 Å². The van der Waals surface area contributed by atoms with Crippen LogP contribution in [0.4, 0.5) is 0 Å². The molecule has 0 bridgehead atoms. The maximum Gasteiger partial charge on any atom is 0.162 e. The van der Waals surface area contributed by atoms with Crippen LogP contribution in [0.1, 0.15) is 37.1 Å². The fourth-order valence-corrected chi connectivity index (χ4v) is 2.06. The van der Waals surface area contributed by atoms with E-state index in [1.165, 1.54) is 12.8 Å². The van der Waals surface area contributed by atoms with Crippen LogP contribution >= 0.6 is 0 Å². The molecule has 4 nitrogen and oxygen atoms in total. The largest absolute Gasteiger partial charge is 0.371 e. The molecule has 84 valence electrons. The number of aryl methyl sites for hydroxylation is 1. The van der Waals surface area contributed by atoms with Gasteiger partial charge in [-0.1, -0.05) is 18.0 Å². The van der Waals surface area contributed by atoms with E-state index in [1.54, 1.807) is 0 Å². The van der Waals surface area contributed by atoms with Crippen molar-refractivity contribution in [3.63, 3.8) is 0 Å². The fraction of sp³-hybridized carbons (Fsp3) is 0.727. The molecular weight excluding hydrogens is 192 g/mol. The third kappa shape index (κ3) is 2.79. The van der Waals surface area contributed by atoms with E-state index in [0.29, 0.717) is 13.2 Å². The van der Waals surface area contributed by atoms with E-state index in [0.717, 1.165) is 24.3 Å². The molecule has 2 N–H and O–H groups in total. The van der Waals surface area contributed by atoms with Gasteiger partial charge in [0.25, 0.3) is 0 Å². The van der Waals surface area contributed by atoms with Crippen molar-refractivity contribution < 1.29 is 9.26 Å².